The summed E-state index contributed by atoms with van der Waals surface area (Å²) < 4.78 is 8.23. The van der Waals surface area contributed by atoms with Crippen molar-refractivity contribution >= 4 is 32.8 Å². The lowest BCUT2D eigenvalue weighted by Crippen LogP contribution is -1.98. The Morgan fingerprint density at radius 1 is 0.575 bits per heavy atom. The summed E-state index contributed by atoms with van der Waals surface area (Å²) in [6.45, 7) is 0. The van der Waals surface area contributed by atoms with Crippen molar-refractivity contribution in [1.29, 1.82) is 0 Å². The van der Waals surface area contributed by atoms with Gasteiger partial charge in [0.1, 0.15) is 5.58 Å². The van der Waals surface area contributed by atoms with Crippen LogP contribution in [0.3, 0.4) is 0 Å². The molecule has 8 aromatic rings. The number of pyridine rings is 2. The molecule has 0 saturated heterocycles. The average Bonchev–Trinajstić information content (AvgIpc) is 3.64. The molecular formula is C34H21N5O. The van der Waals surface area contributed by atoms with Crippen LogP contribution in [0.4, 0.5) is 0 Å². The molecule has 0 spiro atoms. The first-order chi connectivity index (χ1) is 19.8. The van der Waals surface area contributed by atoms with Crippen LogP contribution in [0.2, 0.25) is 0 Å². The predicted octanol–water partition coefficient (Wildman–Crippen LogP) is 8.11. The molecule has 40 heavy (non-hydrogen) atoms. The van der Waals surface area contributed by atoms with Gasteiger partial charge in [-0.05, 0) is 66.7 Å². The summed E-state index contributed by atoms with van der Waals surface area (Å²) in [7, 11) is 0. The largest absolute Gasteiger partial charge is 0.464 e. The maximum Gasteiger partial charge on any atom is 0.160 e. The fraction of sp³-hybridized carbons (Fsp3) is 0. The van der Waals surface area contributed by atoms with Crippen LogP contribution >= 0.6 is 0 Å². The van der Waals surface area contributed by atoms with E-state index in [-0.39, 0.29) is 0 Å². The first-order valence-corrected chi connectivity index (χ1v) is 13.0. The minimum atomic E-state index is 0.650. The summed E-state index contributed by atoms with van der Waals surface area (Å²) in [6, 6.07) is 33.0. The van der Waals surface area contributed by atoms with Gasteiger partial charge in [0.15, 0.2) is 5.82 Å². The highest BCUT2D eigenvalue weighted by Gasteiger charge is 2.17. The average molecular weight is 516 g/mol. The van der Waals surface area contributed by atoms with Crippen molar-refractivity contribution in [1.82, 2.24) is 24.5 Å². The fourth-order valence-electron chi connectivity index (χ4n) is 5.46. The van der Waals surface area contributed by atoms with Crippen LogP contribution in [-0.4, -0.2) is 24.5 Å². The Kier molecular flexibility index (Phi) is 5.03. The molecule has 6 nitrogen and oxygen atoms in total. The van der Waals surface area contributed by atoms with E-state index in [4.69, 9.17) is 14.4 Å². The maximum absolute atomic E-state index is 5.95. The lowest BCUT2D eigenvalue weighted by molar-refractivity contribution is 0.619. The zero-order valence-corrected chi connectivity index (χ0v) is 21.3. The van der Waals surface area contributed by atoms with E-state index >= 15 is 0 Å². The van der Waals surface area contributed by atoms with Crippen molar-refractivity contribution < 1.29 is 4.42 Å². The monoisotopic (exact) mass is 515 g/mol. The number of aromatic nitrogens is 5. The van der Waals surface area contributed by atoms with Gasteiger partial charge in [0.2, 0.25) is 0 Å². The molecule has 3 aromatic carbocycles. The molecule has 0 radical (unpaired) electrons. The van der Waals surface area contributed by atoms with Crippen molar-refractivity contribution in [3.8, 4) is 39.6 Å². The first kappa shape index (κ1) is 22.4. The number of rotatable bonds is 4. The third kappa shape index (κ3) is 3.58. The lowest BCUT2D eigenvalue weighted by atomic mass is 10.1. The minimum Gasteiger partial charge on any atom is -0.464 e. The quantitative estimate of drug-likeness (QED) is 0.237. The number of furan rings is 1. The van der Waals surface area contributed by atoms with Gasteiger partial charge in [0.25, 0.3) is 0 Å². The molecular weight excluding hydrogens is 494 g/mol. The van der Waals surface area contributed by atoms with Crippen LogP contribution < -0.4 is 0 Å². The molecule has 0 fully saturated rings. The number of nitrogens with zero attached hydrogens (tertiary/aromatic N) is 5. The van der Waals surface area contributed by atoms with E-state index in [1.165, 1.54) is 0 Å². The molecule has 0 bridgehead atoms. The lowest BCUT2D eigenvalue weighted by Gasteiger charge is -2.12. The molecule has 5 aromatic heterocycles. The molecule has 0 aliphatic heterocycles. The number of para-hydroxylation sites is 1. The van der Waals surface area contributed by atoms with E-state index < -0.39 is 0 Å². The molecule has 5 heterocycles. The SMILES string of the molecule is c1cc(-c2nc(-c3ccncc3)cc(-c3ccncc3)n2)cc(-n2c3ccccc3c3c4occc4ccc32)c1. The van der Waals surface area contributed by atoms with Gasteiger partial charge in [-0.3, -0.25) is 9.97 Å². The van der Waals surface area contributed by atoms with E-state index in [1.54, 1.807) is 31.1 Å². The third-order valence-corrected chi connectivity index (χ3v) is 7.30. The Bertz CT molecular complexity index is 2110. The molecule has 0 N–H and O–H groups in total. The summed E-state index contributed by atoms with van der Waals surface area (Å²) in [6.07, 6.45) is 8.87. The highest BCUT2D eigenvalue weighted by molar-refractivity contribution is 6.19. The highest BCUT2D eigenvalue weighted by Crippen LogP contribution is 2.38. The summed E-state index contributed by atoms with van der Waals surface area (Å²) in [5.41, 5.74) is 8.69. The van der Waals surface area contributed by atoms with Crippen molar-refractivity contribution in [2.75, 3.05) is 0 Å². The van der Waals surface area contributed by atoms with Gasteiger partial charge < -0.3 is 8.98 Å². The molecule has 0 atom stereocenters. The van der Waals surface area contributed by atoms with E-state index in [0.717, 1.165) is 66.5 Å². The highest BCUT2D eigenvalue weighted by atomic mass is 16.3. The van der Waals surface area contributed by atoms with Gasteiger partial charge in [-0.15, -0.1) is 0 Å². The number of hydrogen-bond donors (Lipinski definition) is 0. The zero-order valence-electron chi connectivity index (χ0n) is 21.3. The van der Waals surface area contributed by atoms with Crippen molar-refractivity contribution in [2.24, 2.45) is 0 Å². The van der Waals surface area contributed by atoms with E-state index in [0.29, 0.717) is 5.82 Å². The van der Waals surface area contributed by atoms with Gasteiger partial charge in [-0.25, -0.2) is 9.97 Å². The summed E-state index contributed by atoms with van der Waals surface area (Å²) in [5.74, 6) is 0.650. The van der Waals surface area contributed by atoms with Gasteiger partial charge in [0.05, 0.1) is 34.1 Å². The Morgan fingerprint density at radius 3 is 2.05 bits per heavy atom. The van der Waals surface area contributed by atoms with Gasteiger partial charge >= 0.3 is 0 Å². The summed E-state index contributed by atoms with van der Waals surface area (Å²) in [5, 5.41) is 3.35. The van der Waals surface area contributed by atoms with Crippen molar-refractivity contribution in [2.45, 2.75) is 0 Å². The van der Waals surface area contributed by atoms with Crippen molar-refractivity contribution in [3.63, 3.8) is 0 Å². The second kappa shape index (κ2) is 8.99. The van der Waals surface area contributed by atoms with Crippen LogP contribution in [0.1, 0.15) is 0 Å². The topological polar surface area (TPSA) is 69.6 Å². The first-order valence-electron chi connectivity index (χ1n) is 13.0. The third-order valence-electron chi connectivity index (χ3n) is 7.30. The zero-order chi connectivity index (χ0) is 26.5. The standard InChI is InChI=1S/C34H21N5O/c1-2-7-30-27(6-1)32-31(9-8-24-14-19-40-33(24)32)39(30)26-5-3-4-25(20-26)34-37-28(22-10-15-35-16-11-22)21-29(38-34)23-12-17-36-18-13-23/h1-21H. The number of fused-ring (bicyclic) bond motifs is 5. The molecule has 0 aliphatic rings. The second-order valence-electron chi connectivity index (χ2n) is 9.64. The number of hydrogen-bond acceptors (Lipinski definition) is 5. The van der Waals surface area contributed by atoms with E-state index in [9.17, 15) is 0 Å². The smallest absolute Gasteiger partial charge is 0.160 e. The van der Waals surface area contributed by atoms with Crippen LogP contribution in [-0.2, 0) is 0 Å². The van der Waals surface area contributed by atoms with Crippen LogP contribution in [0.15, 0.2) is 133 Å². The van der Waals surface area contributed by atoms with Crippen LogP contribution in [0, 0.1) is 0 Å². The molecule has 188 valence electrons. The minimum absolute atomic E-state index is 0.650. The summed E-state index contributed by atoms with van der Waals surface area (Å²) in [4.78, 5) is 18.4. The van der Waals surface area contributed by atoms with Crippen LogP contribution in [0.25, 0.3) is 72.4 Å². The Labute approximate surface area is 229 Å². The van der Waals surface area contributed by atoms with Crippen LogP contribution in [0.5, 0.6) is 0 Å². The molecule has 0 unspecified atom stereocenters. The van der Waals surface area contributed by atoms with E-state index in [2.05, 4.69) is 75.2 Å². The van der Waals surface area contributed by atoms with E-state index in [1.807, 2.05) is 36.4 Å². The second-order valence-corrected chi connectivity index (χ2v) is 9.64. The van der Waals surface area contributed by atoms with Gasteiger partial charge in [0, 0.05) is 57.9 Å². The molecule has 0 aliphatic carbocycles. The molecule has 0 amide bonds. The van der Waals surface area contributed by atoms with Gasteiger partial charge in [-0.1, -0.05) is 30.3 Å². The Balaban J connectivity index is 1.35. The Hall–Kier alpha value is -5.62. The maximum atomic E-state index is 5.95. The fourth-order valence-corrected chi connectivity index (χ4v) is 5.46. The summed E-state index contributed by atoms with van der Waals surface area (Å²) >= 11 is 0. The predicted molar refractivity (Wildman–Crippen MR) is 158 cm³/mol. The van der Waals surface area contributed by atoms with Gasteiger partial charge in [-0.2, -0.15) is 0 Å². The number of benzene rings is 3. The molecule has 8 rings (SSSR count). The molecule has 0 saturated carbocycles. The Morgan fingerprint density at radius 2 is 1.30 bits per heavy atom. The van der Waals surface area contributed by atoms with Crippen molar-refractivity contribution in [3.05, 3.63) is 128 Å². The molecule has 6 heteroatoms. The normalized spacial score (nSPS) is 11.5.